The Morgan fingerprint density at radius 3 is 2.77 bits per heavy atom. The first-order valence-electron chi connectivity index (χ1n) is 3.92. The van der Waals surface area contributed by atoms with E-state index in [0.717, 1.165) is 10.9 Å². The zero-order chi connectivity index (χ0) is 9.10. The van der Waals surface area contributed by atoms with Crippen LogP contribution in [0.1, 0.15) is 0 Å². The molecule has 0 unspecified atom stereocenters. The van der Waals surface area contributed by atoms with Crippen LogP contribution in [0.4, 0.5) is 10.9 Å². The SMILES string of the molecule is CN(c1ccccn1)c1nccs1. The maximum atomic E-state index is 4.23. The van der Waals surface area contributed by atoms with Gasteiger partial charge in [-0.3, -0.25) is 0 Å². The van der Waals surface area contributed by atoms with E-state index in [4.69, 9.17) is 0 Å². The van der Waals surface area contributed by atoms with Crippen molar-refractivity contribution in [2.45, 2.75) is 0 Å². The second-order valence-corrected chi connectivity index (χ2v) is 3.43. The fraction of sp³-hybridized carbons (Fsp3) is 0.111. The maximum absolute atomic E-state index is 4.23. The lowest BCUT2D eigenvalue weighted by Crippen LogP contribution is -2.10. The van der Waals surface area contributed by atoms with Gasteiger partial charge < -0.3 is 4.90 Å². The molecule has 0 aliphatic rings. The molecule has 0 bridgehead atoms. The molecule has 0 atom stereocenters. The third-order valence-corrected chi connectivity index (χ3v) is 2.55. The Balaban J connectivity index is 2.29. The van der Waals surface area contributed by atoms with Crippen LogP contribution in [0.15, 0.2) is 36.0 Å². The summed E-state index contributed by atoms with van der Waals surface area (Å²) in [5, 5.41) is 2.91. The Hall–Kier alpha value is -1.42. The third-order valence-electron chi connectivity index (χ3n) is 1.70. The molecule has 0 saturated carbocycles. The number of anilines is 2. The standard InChI is InChI=1S/C9H9N3S/c1-12(9-11-6-7-13-9)8-4-2-3-5-10-8/h2-7H,1H3. The number of hydrogen-bond acceptors (Lipinski definition) is 4. The lowest BCUT2D eigenvalue weighted by atomic mass is 10.4. The zero-order valence-corrected chi connectivity index (χ0v) is 8.03. The highest BCUT2D eigenvalue weighted by molar-refractivity contribution is 7.13. The van der Waals surface area contributed by atoms with Crippen LogP contribution in [0.5, 0.6) is 0 Å². The van der Waals surface area contributed by atoms with Gasteiger partial charge in [0.2, 0.25) is 0 Å². The van der Waals surface area contributed by atoms with Crippen molar-refractivity contribution in [2.75, 3.05) is 11.9 Å². The minimum Gasteiger partial charge on any atom is -0.305 e. The Morgan fingerprint density at radius 1 is 1.23 bits per heavy atom. The fourth-order valence-corrected chi connectivity index (χ4v) is 1.65. The van der Waals surface area contributed by atoms with Crippen LogP contribution in [0.2, 0.25) is 0 Å². The van der Waals surface area contributed by atoms with Crippen molar-refractivity contribution in [3.8, 4) is 0 Å². The molecular weight excluding hydrogens is 182 g/mol. The molecule has 3 nitrogen and oxygen atoms in total. The first kappa shape index (κ1) is 8.19. The molecule has 0 fully saturated rings. The molecule has 0 saturated heterocycles. The summed E-state index contributed by atoms with van der Waals surface area (Å²) < 4.78 is 0. The molecule has 2 aromatic rings. The summed E-state index contributed by atoms with van der Waals surface area (Å²) in [6.45, 7) is 0. The molecule has 13 heavy (non-hydrogen) atoms. The van der Waals surface area contributed by atoms with Crippen LogP contribution >= 0.6 is 11.3 Å². The van der Waals surface area contributed by atoms with E-state index in [2.05, 4.69) is 9.97 Å². The molecule has 0 aliphatic heterocycles. The Bertz CT molecular complexity index is 358. The van der Waals surface area contributed by atoms with Crippen LogP contribution in [-0.4, -0.2) is 17.0 Å². The topological polar surface area (TPSA) is 29.0 Å². The number of aromatic nitrogens is 2. The Labute approximate surface area is 80.7 Å². The van der Waals surface area contributed by atoms with E-state index >= 15 is 0 Å². The molecule has 0 spiro atoms. The molecule has 0 aliphatic carbocycles. The van der Waals surface area contributed by atoms with Crippen molar-refractivity contribution in [2.24, 2.45) is 0 Å². The number of pyridine rings is 1. The van der Waals surface area contributed by atoms with Crippen LogP contribution in [0, 0.1) is 0 Å². The predicted molar refractivity (Wildman–Crippen MR) is 54.4 cm³/mol. The number of rotatable bonds is 2. The van der Waals surface area contributed by atoms with Crippen molar-refractivity contribution >= 4 is 22.3 Å². The Morgan fingerprint density at radius 2 is 2.15 bits per heavy atom. The van der Waals surface area contributed by atoms with Crippen LogP contribution in [0.25, 0.3) is 0 Å². The molecule has 66 valence electrons. The first-order chi connectivity index (χ1) is 6.38. The zero-order valence-electron chi connectivity index (χ0n) is 7.21. The van der Waals surface area contributed by atoms with Gasteiger partial charge in [0.25, 0.3) is 0 Å². The molecule has 0 amide bonds. The van der Waals surface area contributed by atoms with E-state index in [9.17, 15) is 0 Å². The minimum atomic E-state index is 0.914. The summed E-state index contributed by atoms with van der Waals surface area (Å²) in [6.07, 6.45) is 3.57. The molecule has 0 aromatic carbocycles. The van der Waals surface area contributed by atoms with Crippen LogP contribution in [-0.2, 0) is 0 Å². The highest BCUT2D eigenvalue weighted by Gasteiger charge is 2.05. The summed E-state index contributed by atoms with van der Waals surface area (Å²) >= 11 is 1.60. The first-order valence-corrected chi connectivity index (χ1v) is 4.80. The molecule has 0 N–H and O–H groups in total. The Kier molecular flexibility index (Phi) is 2.23. The van der Waals surface area contributed by atoms with Crippen molar-refractivity contribution in [1.29, 1.82) is 0 Å². The van der Waals surface area contributed by atoms with Gasteiger partial charge in [0, 0.05) is 24.8 Å². The smallest absolute Gasteiger partial charge is 0.190 e. The summed E-state index contributed by atoms with van der Waals surface area (Å²) in [6, 6.07) is 5.83. The van der Waals surface area contributed by atoms with E-state index in [1.807, 2.05) is 35.5 Å². The van der Waals surface area contributed by atoms with Crippen LogP contribution in [0.3, 0.4) is 0 Å². The van der Waals surface area contributed by atoms with E-state index in [1.165, 1.54) is 0 Å². The third kappa shape index (κ3) is 1.67. The largest absolute Gasteiger partial charge is 0.305 e. The number of thiazole rings is 1. The summed E-state index contributed by atoms with van der Waals surface area (Å²) in [7, 11) is 1.96. The van der Waals surface area contributed by atoms with Gasteiger partial charge in [0.05, 0.1) is 0 Å². The van der Waals surface area contributed by atoms with E-state index < -0.39 is 0 Å². The van der Waals surface area contributed by atoms with Gasteiger partial charge >= 0.3 is 0 Å². The lowest BCUT2D eigenvalue weighted by Gasteiger charge is -2.13. The van der Waals surface area contributed by atoms with Crippen molar-refractivity contribution in [3.05, 3.63) is 36.0 Å². The second-order valence-electron chi connectivity index (χ2n) is 2.56. The quantitative estimate of drug-likeness (QED) is 0.729. The molecule has 2 rings (SSSR count). The number of hydrogen-bond donors (Lipinski definition) is 0. The molecule has 4 heteroatoms. The van der Waals surface area contributed by atoms with E-state index in [1.54, 1.807) is 23.7 Å². The normalized spacial score (nSPS) is 9.92. The van der Waals surface area contributed by atoms with Gasteiger partial charge in [-0.05, 0) is 12.1 Å². The highest BCUT2D eigenvalue weighted by Crippen LogP contribution is 2.22. The van der Waals surface area contributed by atoms with Crippen molar-refractivity contribution in [1.82, 2.24) is 9.97 Å². The minimum absolute atomic E-state index is 0.914. The maximum Gasteiger partial charge on any atom is 0.190 e. The highest BCUT2D eigenvalue weighted by atomic mass is 32.1. The van der Waals surface area contributed by atoms with Gasteiger partial charge in [0.1, 0.15) is 5.82 Å². The molecule has 2 heterocycles. The summed E-state index contributed by atoms with van der Waals surface area (Å²) in [5.41, 5.74) is 0. The fourth-order valence-electron chi connectivity index (χ4n) is 1.03. The summed E-state index contributed by atoms with van der Waals surface area (Å²) in [5.74, 6) is 0.914. The van der Waals surface area contributed by atoms with Crippen molar-refractivity contribution in [3.63, 3.8) is 0 Å². The van der Waals surface area contributed by atoms with Gasteiger partial charge in [0.15, 0.2) is 5.13 Å². The molecule has 2 aromatic heterocycles. The van der Waals surface area contributed by atoms with Gasteiger partial charge in [-0.25, -0.2) is 9.97 Å². The monoisotopic (exact) mass is 191 g/mol. The lowest BCUT2D eigenvalue weighted by molar-refractivity contribution is 1.11. The van der Waals surface area contributed by atoms with Gasteiger partial charge in [-0.1, -0.05) is 6.07 Å². The molecule has 0 radical (unpaired) electrons. The van der Waals surface area contributed by atoms with Crippen LogP contribution < -0.4 is 4.90 Å². The average Bonchev–Trinajstić information content (AvgIpc) is 2.71. The van der Waals surface area contributed by atoms with Gasteiger partial charge in [-0.15, -0.1) is 11.3 Å². The predicted octanol–water partition coefficient (Wildman–Crippen LogP) is 2.31. The van der Waals surface area contributed by atoms with Crippen molar-refractivity contribution < 1.29 is 0 Å². The van der Waals surface area contributed by atoms with E-state index in [0.29, 0.717) is 0 Å². The van der Waals surface area contributed by atoms with Gasteiger partial charge in [-0.2, -0.15) is 0 Å². The summed E-state index contributed by atoms with van der Waals surface area (Å²) in [4.78, 5) is 10.4. The second kappa shape index (κ2) is 3.53. The number of nitrogens with zero attached hydrogens (tertiary/aromatic N) is 3. The molecular formula is C9H9N3S. The van der Waals surface area contributed by atoms with E-state index in [-0.39, 0.29) is 0 Å². The average molecular weight is 191 g/mol.